The molecule has 0 aromatic heterocycles. The maximum Gasteiger partial charge on any atom is 0.223 e. The monoisotopic (exact) mass is 185 g/mol. The number of nitrogens with two attached hydrogens (primary N) is 1. The van der Waals surface area contributed by atoms with Crippen LogP contribution < -0.4 is 5.73 Å². The largest absolute Gasteiger partial charge is 0.325 e. The van der Waals surface area contributed by atoms with Crippen molar-refractivity contribution in [2.45, 2.75) is 32.2 Å². The van der Waals surface area contributed by atoms with E-state index < -0.39 is 5.54 Å². The minimum Gasteiger partial charge on any atom is -0.325 e. The fraction of sp³-hybridized carbons (Fsp3) is 0.833. The lowest BCUT2D eigenvalue weighted by Crippen LogP contribution is -2.36. The highest BCUT2D eigenvalue weighted by atomic mass is 35.5. The second-order valence-electron chi connectivity index (χ2n) is 2.54. The molecule has 0 aliphatic heterocycles. The highest BCUT2D eigenvalue weighted by Gasteiger charge is 2.18. The third kappa shape index (κ3) is 6.33. The molecule has 0 aromatic rings. The Morgan fingerprint density at radius 1 is 1.70 bits per heavy atom. The van der Waals surface area contributed by atoms with E-state index in [1.807, 2.05) is 13.8 Å². The fourth-order valence-electron chi connectivity index (χ4n) is 0.443. The first-order valence-corrected chi connectivity index (χ1v) is 3.33. The van der Waals surface area contributed by atoms with Crippen LogP contribution in [0.2, 0.25) is 0 Å². The molecule has 4 heteroatoms. The second kappa shape index (κ2) is 4.94. The van der Waals surface area contributed by atoms with Gasteiger partial charge < -0.3 is 5.73 Å². The summed E-state index contributed by atoms with van der Waals surface area (Å²) in [6, 6.07) is 0. The van der Waals surface area contributed by atoms with E-state index in [-0.39, 0.29) is 24.1 Å². The lowest BCUT2D eigenvalue weighted by atomic mass is 9.97. The van der Waals surface area contributed by atoms with Crippen molar-refractivity contribution in [3.05, 3.63) is 0 Å². The van der Waals surface area contributed by atoms with Crippen LogP contribution in [0.3, 0.4) is 0 Å². The van der Waals surface area contributed by atoms with E-state index in [1.54, 1.807) is 0 Å². The van der Waals surface area contributed by atoms with E-state index in [0.29, 0.717) is 0 Å². The smallest absolute Gasteiger partial charge is 0.223 e. The summed E-state index contributed by atoms with van der Waals surface area (Å²) in [4.78, 5) is 10.3. The summed E-state index contributed by atoms with van der Waals surface area (Å²) < 4.78 is 0. The van der Waals surface area contributed by atoms with Gasteiger partial charge in [0.05, 0.1) is 0 Å². The van der Waals surface area contributed by atoms with Gasteiger partial charge >= 0.3 is 0 Å². The first kappa shape index (κ1) is 12.8. The van der Waals surface area contributed by atoms with E-state index in [1.165, 1.54) is 0 Å². The van der Waals surface area contributed by atoms with E-state index in [0.717, 1.165) is 6.42 Å². The lowest BCUT2D eigenvalue weighted by Gasteiger charge is -2.19. The maximum atomic E-state index is 10.3. The summed E-state index contributed by atoms with van der Waals surface area (Å²) in [6.07, 6.45) is 1.02. The fourth-order valence-corrected chi connectivity index (χ4v) is 0.748. The van der Waals surface area contributed by atoms with E-state index in [9.17, 15) is 4.79 Å². The van der Waals surface area contributed by atoms with Crippen LogP contribution in [0.4, 0.5) is 0 Å². The summed E-state index contributed by atoms with van der Waals surface area (Å²) in [7, 11) is 0. The first-order chi connectivity index (χ1) is 3.98. The molecule has 0 aromatic carbocycles. The summed E-state index contributed by atoms with van der Waals surface area (Å²) in [5.74, 6) is 0. The highest BCUT2D eigenvalue weighted by molar-refractivity contribution is 6.63. The quantitative estimate of drug-likeness (QED) is 0.681. The van der Waals surface area contributed by atoms with Gasteiger partial charge in [-0.1, -0.05) is 6.92 Å². The third-order valence-electron chi connectivity index (χ3n) is 1.35. The highest BCUT2D eigenvalue weighted by Crippen LogP contribution is 2.11. The second-order valence-corrected chi connectivity index (χ2v) is 2.96. The molecule has 1 atom stereocenters. The van der Waals surface area contributed by atoms with E-state index in [2.05, 4.69) is 0 Å². The molecule has 10 heavy (non-hydrogen) atoms. The average molecular weight is 186 g/mol. The van der Waals surface area contributed by atoms with Crippen LogP contribution in [0, 0.1) is 0 Å². The lowest BCUT2D eigenvalue weighted by molar-refractivity contribution is -0.112. The zero-order valence-corrected chi connectivity index (χ0v) is 7.76. The van der Waals surface area contributed by atoms with Crippen LogP contribution in [0.1, 0.15) is 26.7 Å². The minimum absolute atomic E-state index is 0. The van der Waals surface area contributed by atoms with Gasteiger partial charge in [-0.25, -0.2) is 0 Å². The topological polar surface area (TPSA) is 43.1 Å². The zero-order chi connectivity index (χ0) is 7.49. The van der Waals surface area contributed by atoms with Gasteiger partial charge in [-0.15, -0.1) is 12.4 Å². The molecular formula is C6H13Cl2NO. The van der Waals surface area contributed by atoms with Gasteiger partial charge in [0, 0.05) is 12.0 Å². The Balaban J connectivity index is 0. The Morgan fingerprint density at radius 3 is 2.20 bits per heavy atom. The molecule has 0 rings (SSSR count). The maximum absolute atomic E-state index is 10.3. The number of carbonyl (C=O) groups excluding carboxylic acids is 1. The Morgan fingerprint density at radius 2 is 2.10 bits per heavy atom. The molecule has 2 nitrogen and oxygen atoms in total. The van der Waals surface area contributed by atoms with Crippen molar-refractivity contribution in [1.82, 2.24) is 0 Å². The predicted octanol–water partition coefficient (Wildman–Crippen LogP) is 1.69. The summed E-state index contributed by atoms with van der Waals surface area (Å²) in [6.45, 7) is 3.74. The summed E-state index contributed by atoms with van der Waals surface area (Å²) in [5.41, 5.74) is 5.19. The normalized spacial score (nSPS) is 15.2. The molecule has 0 spiro atoms. The van der Waals surface area contributed by atoms with Crippen molar-refractivity contribution in [3.8, 4) is 0 Å². The predicted molar refractivity (Wildman–Crippen MR) is 45.6 cm³/mol. The molecule has 0 amide bonds. The zero-order valence-electron chi connectivity index (χ0n) is 6.19. The Bertz CT molecular complexity index is 114. The molecular weight excluding hydrogens is 173 g/mol. The molecule has 0 saturated carbocycles. The van der Waals surface area contributed by atoms with Crippen molar-refractivity contribution in [3.63, 3.8) is 0 Å². The number of hydrogen-bond donors (Lipinski definition) is 1. The molecule has 62 valence electrons. The van der Waals surface area contributed by atoms with Gasteiger partial charge in [0.1, 0.15) is 0 Å². The SMILES string of the molecule is CCC(C)(N)CC(=O)Cl.Cl. The van der Waals surface area contributed by atoms with Crippen LogP contribution in [0.5, 0.6) is 0 Å². The summed E-state index contributed by atoms with van der Waals surface area (Å²) in [5, 5.41) is -0.359. The number of hydrogen-bond acceptors (Lipinski definition) is 2. The van der Waals surface area contributed by atoms with Crippen molar-refractivity contribution >= 4 is 29.3 Å². The van der Waals surface area contributed by atoms with Crippen LogP contribution >= 0.6 is 24.0 Å². The Kier molecular flexibility index (Phi) is 6.35. The molecule has 0 radical (unpaired) electrons. The number of carbonyl (C=O) groups is 1. The van der Waals surface area contributed by atoms with Gasteiger partial charge in [-0.05, 0) is 24.9 Å². The van der Waals surface area contributed by atoms with Gasteiger partial charge in [0.2, 0.25) is 5.24 Å². The van der Waals surface area contributed by atoms with E-state index >= 15 is 0 Å². The molecule has 1 unspecified atom stereocenters. The minimum atomic E-state index is -0.418. The van der Waals surface area contributed by atoms with Crippen molar-refractivity contribution in [2.75, 3.05) is 0 Å². The van der Waals surface area contributed by atoms with Crippen LogP contribution in [-0.4, -0.2) is 10.8 Å². The van der Waals surface area contributed by atoms with Crippen LogP contribution in [0.15, 0.2) is 0 Å². The number of halogens is 2. The van der Waals surface area contributed by atoms with Crippen molar-refractivity contribution < 1.29 is 4.79 Å². The van der Waals surface area contributed by atoms with Gasteiger partial charge in [-0.3, -0.25) is 4.79 Å². The molecule has 0 heterocycles. The Labute approximate surface area is 72.5 Å². The first-order valence-electron chi connectivity index (χ1n) is 2.95. The van der Waals surface area contributed by atoms with Crippen molar-refractivity contribution in [2.24, 2.45) is 5.73 Å². The summed E-state index contributed by atoms with van der Waals surface area (Å²) >= 11 is 5.12. The molecule has 0 aliphatic carbocycles. The van der Waals surface area contributed by atoms with Crippen LogP contribution in [0.25, 0.3) is 0 Å². The van der Waals surface area contributed by atoms with E-state index in [4.69, 9.17) is 17.3 Å². The average Bonchev–Trinajstić information content (AvgIpc) is 1.63. The van der Waals surface area contributed by atoms with Crippen LogP contribution in [-0.2, 0) is 4.79 Å². The molecule has 0 bridgehead atoms. The van der Waals surface area contributed by atoms with Gasteiger partial charge in [0.15, 0.2) is 0 Å². The number of rotatable bonds is 3. The van der Waals surface area contributed by atoms with Gasteiger partial charge in [0.25, 0.3) is 0 Å². The molecule has 2 N–H and O–H groups in total. The van der Waals surface area contributed by atoms with Crippen molar-refractivity contribution in [1.29, 1.82) is 0 Å². The molecule has 0 fully saturated rings. The third-order valence-corrected chi connectivity index (χ3v) is 1.48. The standard InChI is InChI=1S/C6H12ClNO.ClH/c1-3-6(2,8)4-5(7)9;/h3-4,8H2,1-2H3;1H. The molecule has 0 saturated heterocycles. The Hall–Kier alpha value is 0.210. The molecule has 0 aliphatic rings. The van der Waals surface area contributed by atoms with Gasteiger partial charge in [-0.2, -0.15) is 0 Å².